The summed E-state index contributed by atoms with van der Waals surface area (Å²) in [6, 6.07) is 13.5. The normalized spacial score (nSPS) is 10.7. The number of nitrogens with one attached hydrogen (secondary N) is 2. The molecule has 3 aromatic rings. The van der Waals surface area contributed by atoms with Gasteiger partial charge in [0.25, 0.3) is 5.91 Å². The van der Waals surface area contributed by atoms with E-state index < -0.39 is 0 Å². The number of H-pyrrole nitrogens is 1. The van der Waals surface area contributed by atoms with Gasteiger partial charge in [0, 0.05) is 5.69 Å². The molecule has 0 bridgehead atoms. The van der Waals surface area contributed by atoms with Crippen molar-refractivity contribution in [3.05, 3.63) is 59.4 Å². The second kappa shape index (κ2) is 4.81. The van der Waals surface area contributed by atoms with Gasteiger partial charge in [-0.25, -0.2) is 4.98 Å². The number of anilines is 1. The monoisotopic (exact) mass is 265 g/mol. The number of nitrogens with zero attached hydrogens (tertiary/aromatic N) is 1. The Morgan fingerprint density at radius 1 is 1.15 bits per heavy atom. The summed E-state index contributed by atoms with van der Waals surface area (Å²) in [6.07, 6.45) is 0. The predicted octanol–water partition coefficient (Wildman–Crippen LogP) is 3.43. The highest BCUT2D eigenvalue weighted by atomic mass is 16.2. The maximum Gasteiger partial charge on any atom is 0.291 e. The lowest BCUT2D eigenvalue weighted by Gasteiger charge is -2.07. The first-order valence-corrected chi connectivity index (χ1v) is 6.47. The number of carbonyl (C=O) groups excluding carboxylic acids is 1. The Labute approximate surface area is 116 Å². The number of carbonyl (C=O) groups is 1. The lowest BCUT2D eigenvalue weighted by molar-refractivity contribution is 0.101. The molecule has 2 N–H and O–H groups in total. The zero-order chi connectivity index (χ0) is 14.1. The summed E-state index contributed by atoms with van der Waals surface area (Å²) in [7, 11) is 0. The van der Waals surface area contributed by atoms with Crippen LogP contribution in [0.3, 0.4) is 0 Å². The van der Waals surface area contributed by atoms with Crippen LogP contribution in [0.15, 0.2) is 42.5 Å². The van der Waals surface area contributed by atoms with Crippen molar-refractivity contribution >= 4 is 22.6 Å². The van der Waals surface area contributed by atoms with Crippen LogP contribution in [-0.4, -0.2) is 15.9 Å². The molecule has 0 fully saturated rings. The van der Waals surface area contributed by atoms with Crippen LogP contribution in [0.2, 0.25) is 0 Å². The van der Waals surface area contributed by atoms with Gasteiger partial charge in [0.15, 0.2) is 5.82 Å². The molecule has 2 aromatic carbocycles. The lowest BCUT2D eigenvalue weighted by Crippen LogP contribution is -2.14. The molecule has 0 unspecified atom stereocenters. The van der Waals surface area contributed by atoms with E-state index in [0.717, 1.165) is 22.3 Å². The number of fused-ring (bicyclic) bond motifs is 1. The van der Waals surface area contributed by atoms with E-state index in [1.54, 1.807) is 0 Å². The quantitative estimate of drug-likeness (QED) is 0.745. The number of aromatic nitrogens is 2. The summed E-state index contributed by atoms with van der Waals surface area (Å²) in [5.74, 6) is 0.0966. The van der Waals surface area contributed by atoms with Gasteiger partial charge in [-0.2, -0.15) is 0 Å². The summed E-state index contributed by atoms with van der Waals surface area (Å²) in [6.45, 7) is 4.00. The molecular weight excluding hydrogens is 250 g/mol. The van der Waals surface area contributed by atoms with Gasteiger partial charge in [-0.1, -0.05) is 29.8 Å². The minimum absolute atomic E-state index is 0.229. The van der Waals surface area contributed by atoms with Crippen LogP contribution in [-0.2, 0) is 0 Å². The highest BCUT2D eigenvalue weighted by molar-refractivity contribution is 6.03. The van der Waals surface area contributed by atoms with E-state index in [4.69, 9.17) is 0 Å². The number of para-hydroxylation sites is 2. The first-order valence-electron chi connectivity index (χ1n) is 6.47. The van der Waals surface area contributed by atoms with Crippen molar-refractivity contribution in [3.63, 3.8) is 0 Å². The Morgan fingerprint density at radius 3 is 2.70 bits per heavy atom. The van der Waals surface area contributed by atoms with Crippen molar-refractivity contribution in [1.29, 1.82) is 0 Å². The van der Waals surface area contributed by atoms with Crippen LogP contribution in [0, 0.1) is 13.8 Å². The molecule has 100 valence electrons. The van der Waals surface area contributed by atoms with Crippen molar-refractivity contribution < 1.29 is 4.79 Å². The van der Waals surface area contributed by atoms with Gasteiger partial charge in [0.2, 0.25) is 0 Å². The van der Waals surface area contributed by atoms with Gasteiger partial charge < -0.3 is 10.3 Å². The van der Waals surface area contributed by atoms with E-state index >= 15 is 0 Å². The number of hydrogen-bond donors (Lipinski definition) is 2. The number of benzene rings is 2. The highest BCUT2D eigenvalue weighted by Crippen LogP contribution is 2.17. The first-order chi connectivity index (χ1) is 9.63. The van der Waals surface area contributed by atoms with E-state index in [9.17, 15) is 4.79 Å². The van der Waals surface area contributed by atoms with Crippen LogP contribution < -0.4 is 5.32 Å². The summed E-state index contributed by atoms with van der Waals surface area (Å²) in [5, 5.41) is 2.88. The standard InChI is InChI=1S/C16H15N3O/c1-10-7-8-12(11(2)9-10)19-16(20)15-17-13-5-3-4-6-14(13)18-15/h3-9H,1-2H3,(H,17,18)(H,19,20). The van der Waals surface area contributed by atoms with Gasteiger partial charge >= 0.3 is 0 Å². The van der Waals surface area contributed by atoms with E-state index in [2.05, 4.69) is 15.3 Å². The molecule has 0 saturated carbocycles. The lowest BCUT2D eigenvalue weighted by atomic mass is 10.1. The Balaban J connectivity index is 1.89. The Morgan fingerprint density at radius 2 is 1.95 bits per heavy atom. The molecule has 0 aliphatic rings. The highest BCUT2D eigenvalue weighted by Gasteiger charge is 2.12. The van der Waals surface area contributed by atoms with Crippen molar-refractivity contribution in [1.82, 2.24) is 9.97 Å². The number of aryl methyl sites for hydroxylation is 2. The molecule has 20 heavy (non-hydrogen) atoms. The molecule has 0 aliphatic carbocycles. The zero-order valence-electron chi connectivity index (χ0n) is 11.4. The predicted molar refractivity (Wildman–Crippen MR) is 80.0 cm³/mol. The molecule has 1 heterocycles. The van der Waals surface area contributed by atoms with Gasteiger partial charge in [0.05, 0.1) is 11.0 Å². The average molecular weight is 265 g/mol. The molecular formula is C16H15N3O. The average Bonchev–Trinajstić information content (AvgIpc) is 2.86. The third-order valence-corrected chi connectivity index (χ3v) is 3.23. The van der Waals surface area contributed by atoms with Gasteiger partial charge in [0.1, 0.15) is 0 Å². The van der Waals surface area contributed by atoms with Crippen LogP contribution in [0.25, 0.3) is 11.0 Å². The summed E-state index contributed by atoms with van der Waals surface area (Å²) in [5.41, 5.74) is 4.66. The molecule has 0 radical (unpaired) electrons. The number of rotatable bonds is 2. The third kappa shape index (κ3) is 2.28. The largest absolute Gasteiger partial charge is 0.334 e. The maximum atomic E-state index is 12.2. The minimum atomic E-state index is -0.229. The minimum Gasteiger partial charge on any atom is -0.334 e. The third-order valence-electron chi connectivity index (χ3n) is 3.23. The SMILES string of the molecule is Cc1ccc(NC(=O)c2nc3ccccc3[nH]2)c(C)c1. The van der Waals surface area contributed by atoms with Crippen LogP contribution >= 0.6 is 0 Å². The molecule has 1 amide bonds. The number of aromatic amines is 1. The van der Waals surface area contributed by atoms with Crippen LogP contribution in [0.4, 0.5) is 5.69 Å². The molecule has 1 aromatic heterocycles. The van der Waals surface area contributed by atoms with Crippen molar-refractivity contribution in [2.75, 3.05) is 5.32 Å². The second-order valence-electron chi connectivity index (χ2n) is 4.88. The summed E-state index contributed by atoms with van der Waals surface area (Å²) < 4.78 is 0. The number of hydrogen-bond acceptors (Lipinski definition) is 2. The Kier molecular flexibility index (Phi) is 2.99. The van der Waals surface area contributed by atoms with E-state index in [-0.39, 0.29) is 5.91 Å². The second-order valence-corrected chi connectivity index (χ2v) is 4.88. The fourth-order valence-electron chi connectivity index (χ4n) is 2.20. The fraction of sp³-hybridized carbons (Fsp3) is 0.125. The molecule has 3 rings (SSSR count). The number of amides is 1. The Bertz CT molecular complexity index is 756. The van der Waals surface area contributed by atoms with Crippen LogP contribution in [0.5, 0.6) is 0 Å². The van der Waals surface area contributed by atoms with E-state index in [1.807, 2.05) is 56.3 Å². The summed E-state index contributed by atoms with van der Waals surface area (Å²) >= 11 is 0. The molecule has 4 nitrogen and oxygen atoms in total. The topological polar surface area (TPSA) is 57.8 Å². The van der Waals surface area contributed by atoms with Crippen LogP contribution in [0.1, 0.15) is 21.7 Å². The molecule has 0 atom stereocenters. The molecule has 0 spiro atoms. The van der Waals surface area contributed by atoms with Gasteiger partial charge in [-0.3, -0.25) is 4.79 Å². The van der Waals surface area contributed by atoms with Crippen molar-refractivity contribution in [2.45, 2.75) is 13.8 Å². The van der Waals surface area contributed by atoms with E-state index in [0.29, 0.717) is 5.82 Å². The summed E-state index contributed by atoms with van der Waals surface area (Å²) in [4.78, 5) is 19.5. The Hall–Kier alpha value is -2.62. The number of imidazole rings is 1. The van der Waals surface area contributed by atoms with Crippen molar-refractivity contribution in [2.24, 2.45) is 0 Å². The van der Waals surface area contributed by atoms with E-state index in [1.165, 1.54) is 5.56 Å². The van der Waals surface area contributed by atoms with Gasteiger partial charge in [-0.15, -0.1) is 0 Å². The molecule has 0 aliphatic heterocycles. The molecule has 0 saturated heterocycles. The zero-order valence-corrected chi connectivity index (χ0v) is 11.4. The fourth-order valence-corrected chi connectivity index (χ4v) is 2.20. The van der Waals surface area contributed by atoms with Gasteiger partial charge in [-0.05, 0) is 37.6 Å². The van der Waals surface area contributed by atoms with Crippen molar-refractivity contribution in [3.8, 4) is 0 Å². The first kappa shape index (κ1) is 12.4. The smallest absolute Gasteiger partial charge is 0.291 e. The maximum absolute atomic E-state index is 12.2. The molecule has 4 heteroatoms.